The van der Waals surface area contributed by atoms with E-state index < -0.39 is 0 Å². The maximum atomic E-state index is 11.7. The van der Waals surface area contributed by atoms with Crippen molar-refractivity contribution >= 4 is 17.5 Å². The number of carbonyl (C=O) groups excluding carboxylic acids is 1. The van der Waals surface area contributed by atoms with Gasteiger partial charge in [0.05, 0.1) is 12.7 Å². The third-order valence-electron chi connectivity index (χ3n) is 2.75. The Bertz CT molecular complexity index is 637. The Kier molecular flexibility index (Phi) is 4.90. The summed E-state index contributed by atoms with van der Waals surface area (Å²) in [6, 6.07) is 8.51. The molecule has 0 atom stereocenters. The lowest BCUT2D eigenvalue weighted by Gasteiger charge is -2.07. The van der Waals surface area contributed by atoms with E-state index in [4.69, 9.17) is 11.6 Å². The minimum Gasteiger partial charge on any atom is -0.354 e. The Morgan fingerprint density at radius 2 is 2.00 bits per heavy atom. The van der Waals surface area contributed by atoms with Gasteiger partial charge in [-0.25, -0.2) is 4.98 Å². The van der Waals surface area contributed by atoms with Gasteiger partial charge in [0.1, 0.15) is 0 Å². The lowest BCUT2D eigenvalue weighted by Crippen LogP contribution is -2.31. The van der Waals surface area contributed by atoms with E-state index in [1.807, 2.05) is 12.1 Å². The number of hydrogen-bond acceptors (Lipinski definition) is 3. The van der Waals surface area contributed by atoms with Crippen LogP contribution in [-0.4, -0.2) is 22.0 Å². The van der Waals surface area contributed by atoms with Gasteiger partial charge >= 0.3 is 0 Å². The van der Waals surface area contributed by atoms with Crippen LogP contribution in [0, 0.1) is 0 Å². The molecular formula is C14H14ClN3O2. The Hall–Kier alpha value is -2.14. The van der Waals surface area contributed by atoms with Crippen LogP contribution in [0.5, 0.6) is 0 Å². The van der Waals surface area contributed by atoms with Gasteiger partial charge in [-0.2, -0.15) is 0 Å². The first-order valence-electron chi connectivity index (χ1n) is 6.17. The van der Waals surface area contributed by atoms with E-state index in [-0.39, 0.29) is 11.5 Å². The molecule has 6 heteroatoms. The molecule has 1 aromatic heterocycles. The van der Waals surface area contributed by atoms with E-state index in [0.29, 0.717) is 24.5 Å². The summed E-state index contributed by atoms with van der Waals surface area (Å²) >= 11 is 5.78. The van der Waals surface area contributed by atoms with Gasteiger partial charge in [-0.3, -0.25) is 14.2 Å². The number of halogens is 1. The third-order valence-corrected chi connectivity index (χ3v) is 3.00. The number of carbonyl (C=O) groups is 1. The van der Waals surface area contributed by atoms with Crippen LogP contribution in [-0.2, 0) is 17.8 Å². The zero-order valence-electron chi connectivity index (χ0n) is 10.8. The highest BCUT2D eigenvalue weighted by Gasteiger charge is 2.03. The highest BCUT2D eigenvalue weighted by atomic mass is 35.5. The van der Waals surface area contributed by atoms with Crippen molar-refractivity contribution in [2.45, 2.75) is 13.0 Å². The number of rotatable bonds is 5. The first-order chi connectivity index (χ1) is 9.65. The van der Waals surface area contributed by atoms with Crippen molar-refractivity contribution in [2.24, 2.45) is 0 Å². The molecule has 2 rings (SSSR count). The number of nitrogens with zero attached hydrogens (tertiary/aromatic N) is 2. The van der Waals surface area contributed by atoms with Crippen molar-refractivity contribution in [1.82, 2.24) is 14.9 Å². The maximum absolute atomic E-state index is 11.7. The molecule has 1 aromatic carbocycles. The highest BCUT2D eigenvalue weighted by Crippen LogP contribution is 2.09. The Labute approximate surface area is 121 Å². The standard InChI is InChI=1S/C14H14ClN3O2/c15-12-3-1-11(2-4-12)9-13(19)17-7-8-18-10-16-6-5-14(18)20/h1-6,10H,7-9H2,(H,17,19). The smallest absolute Gasteiger partial charge is 0.253 e. The molecule has 0 aliphatic rings. The van der Waals surface area contributed by atoms with Gasteiger partial charge in [0.2, 0.25) is 5.91 Å². The van der Waals surface area contributed by atoms with Crippen molar-refractivity contribution in [2.75, 3.05) is 6.54 Å². The first kappa shape index (κ1) is 14.3. The molecular weight excluding hydrogens is 278 g/mol. The summed E-state index contributed by atoms with van der Waals surface area (Å²) in [6.45, 7) is 0.789. The Morgan fingerprint density at radius 3 is 2.70 bits per heavy atom. The molecule has 2 aromatic rings. The van der Waals surface area contributed by atoms with Gasteiger partial charge in [-0.1, -0.05) is 23.7 Å². The molecule has 20 heavy (non-hydrogen) atoms. The summed E-state index contributed by atoms with van der Waals surface area (Å²) in [5.74, 6) is -0.0933. The van der Waals surface area contributed by atoms with Crippen LogP contribution in [0.3, 0.4) is 0 Å². The second kappa shape index (κ2) is 6.86. The summed E-state index contributed by atoms with van der Waals surface area (Å²) in [5.41, 5.74) is 0.761. The number of hydrogen-bond donors (Lipinski definition) is 1. The maximum Gasteiger partial charge on any atom is 0.253 e. The molecule has 0 bridgehead atoms. The summed E-state index contributed by atoms with van der Waals surface area (Å²) in [7, 11) is 0. The fourth-order valence-corrected chi connectivity index (χ4v) is 1.84. The Morgan fingerprint density at radius 1 is 1.25 bits per heavy atom. The molecule has 0 unspecified atom stereocenters. The number of benzene rings is 1. The van der Waals surface area contributed by atoms with E-state index >= 15 is 0 Å². The summed E-state index contributed by atoms with van der Waals surface area (Å²) < 4.78 is 1.45. The van der Waals surface area contributed by atoms with Crippen molar-refractivity contribution < 1.29 is 4.79 Å². The number of amides is 1. The molecule has 0 saturated heterocycles. The molecule has 104 valence electrons. The van der Waals surface area contributed by atoms with E-state index in [1.54, 1.807) is 12.1 Å². The highest BCUT2D eigenvalue weighted by molar-refractivity contribution is 6.30. The average molecular weight is 292 g/mol. The largest absolute Gasteiger partial charge is 0.354 e. The van der Waals surface area contributed by atoms with Crippen molar-refractivity contribution in [3.8, 4) is 0 Å². The molecule has 0 saturated carbocycles. The first-order valence-corrected chi connectivity index (χ1v) is 6.54. The minimum absolute atomic E-state index is 0.0933. The Balaban J connectivity index is 1.80. The molecule has 1 N–H and O–H groups in total. The normalized spacial score (nSPS) is 10.2. The lowest BCUT2D eigenvalue weighted by molar-refractivity contribution is -0.120. The quantitative estimate of drug-likeness (QED) is 0.902. The van der Waals surface area contributed by atoms with E-state index in [0.717, 1.165) is 5.56 Å². The fourth-order valence-electron chi connectivity index (χ4n) is 1.71. The third kappa shape index (κ3) is 4.20. The van der Waals surface area contributed by atoms with Crippen LogP contribution in [0.15, 0.2) is 47.7 Å². The zero-order chi connectivity index (χ0) is 14.4. The van der Waals surface area contributed by atoms with Crippen molar-refractivity contribution in [3.05, 3.63) is 63.8 Å². The second-order valence-electron chi connectivity index (χ2n) is 4.27. The molecule has 0 fully saturated rings. The van der Waals surface area contributed by atoms with Crippen LogP contribution in [0.1, 0.15) is 5.56 Å². The van der Waals surface area contributed by atoms with Crippen molar-refractivity contribution in [1.29, 1.82) is 0 Å². The summed E-state index contributed by atoms with van der Waals surface area (Å²) in [6.07, 6.45) is 3.19. The van der Waals surface area contributed by atoms with Gasteiger partial charge in [-0.15, -0.1) is 0 Å². The van der Waals surface area contributed by atoms with Crippen LogP contribution in [0.4, 0.5) is 0 Å². The molecule has 0 spiro atoms. The molecule has 1 amide bonds. The summed E-state index contributed by atoms with van der Waals surface area (Å²) in [4.78, 5) is 27.0. The predicted molar refractivity (Wildman–Crippen MR) is 76.7 cm³/mol. The second-order valence-corrected chi connectivity index (χ2v) is 4.70. The summed E-state index contributed by atoms with van der Waals surface area (Å²) in [5, 5.41) is 3.41. The number of aromatic nitrogens is 2. The molecule has 0 aliphatic heterocycles. The molecule has 0 aliphatic carbocycles. The van der Waals surface area contributed by atoms with Gasteiger partial charge in [0.25, 0.3) is 5.56 Å². The molecule has 0 radical (unpaired) electrons. The average Bonchev–Trinajstić information content (AvgIpc) is 2.43. The predicted octanol–water partition coefficient (Wildman–Crippen LogP) is 1.26. The van der Waals surface area contributed by atoms with Crippen LogP contribution in [0.2, 0.25) is 5.02 Å². The number of nitrogens with one attached hydrogen (secondary N) is 1. The van der Waals surface area contributed by atoms with Crippen LogP contribution in [0.25, 0.3) is 0 Å². The van der Waals surface area contributed by atoms with Gasteiger partial charge in [-0.05, 0) is 17.7 Å². The van der Waals surface area contributed by atoms with Crippen molar-refractivity contribution in [3.63, 3.8) is 0 Å². The van der Waals surface area contributed by atoms with Gasteiger partial charge in [0, 0.05) is 30.4 Å². The SMILES string of the molecule is O=C(Cc1ccc(Cl)cc1)NCCn1cnccc1=O. The van der Waals surface area contributed by atoms with Gasteiger partial charge < -0.3 is 5.32 Å². The zero-order valence-corrected chi connectivity index (χ0v) is 11.5. The fraction of sp³-hybridized carbons (Fsp3) is 0.214. The van der Waals surface area contributed by atoms with E-state index in [9.17, 15) is 9.59 Å². The minimum atomic E-state index is -0.132. The van der Waals surface area contributed by atoms with E-state index in [1.165, 1.54) is 23.2 Å². The van der Waals surface area contributed by atoms with Gasteiger partial charge in [0.15, 0.2) is 0 Å². The van der Waals surface area contributed by atoms with E-state index in [2.05, 4.69) is 10.3 Å². The monoisotopic (exact) mass is 291 g/mol. The van der Waals surface area contributed by atoms with Crippen LogP contribution < -0.4 is 10.9 Å². The molecule has 5 nitrogen and oxygen atoms in total. The lowest BCUT2D eigenvalue weighted by atomic mass is 10.1. The van der Waals surface area contributed by atoms with Crippen LogP contribution >= 0.6 is 11.6 Å². The topological polar surface area (TPSA) is 64.0 Å². The molecule has 1 heterocycles.